The fourth-order valence-corrected chi connectivity index (χ4v) is 3.48. The molecular formula is C15H18N2O6S. The van der Waals surface area contributed by atoms with Gasteiger partial charge in [0.15, 0.2) is 0 Å². The van der Waals surface area contributed by atoms with Crippen LogP contribution in [-0.2, 0) is 4.74 Å². The van der Waals surface area contributed by atoms with E-state index in [-0.39, 0.29) is 33.6 Å². The van der Waals surface area contributed by atoms with Crippen LogP contribution >= 0.6 is 11.8 Å². The molecule has 5 atom stereocenters. The summed E-state index contributed by atoms with van der Waals surface area (Å²) in [7, 11) is 0. The summed E-state index contributed by atoms with van der Waals surface area (Å²) in [5, 5.41) is 51.7. The Hall–Kier alpha value is -1.62. The van der Waals surface area contributed by atoms with Crippen molar-refractivity contribution in [1.82, 2.24) is 4.98 Å². The smallest absolute Gasteiger partial charge is 0.147 e. The van der Waals surface area contributed by atoms with E-state index < -0.39 is 48.5 Å². The molecule has 1 aromatic carbocycles. The number of oxime groups is 1. The van der Waals surface area contributed by atoms with Crippen molar-refractivity contribution in [1.29, 1.82) is 0 Å². The summed E-state index contributed by atoms with van der Waals surface area (Å²) in [4.78, 5) is 2.72. The molecule has 1 aliphatic heterocycles. The average molecular weight is 358 g/mol. The number of fused-ring (bicyclic) bond motifs is 1. The highest BCUT2D eigenvalue weighted by atomic mass is 32.2. The standard InChI is InChI=1S/C15H18N2O6S/c18-6-10-11(19)12(20)13(21)15(23-10)24-14(17-22)8-5-16-9-4-2-1-3-7(8)9/h1-5,10-13,15-16,18-22H,6H2/b17-14+/t10-,11-,12+,13-,15+/m1/s1/i1D,2D,3D,4D. The predicted octanol–water partition coefficient (Wildman–Crippen LogP) is -0.163. The zero-order chi connectivity index (χ0) is 20.7. The van der Waals surface area contributed by atoms with Crippen LogP contribution in [0.4, 0.5) is 0 Å². The number of H-pyrrole nitrogens is 1. The number of benzene rings is 1. The second-order valence-corrected chi connectivity index (χ2v) is 6.26. The third-order valence-electron chi connectivity index (χ3n) is 3.72. The van der Waals surface area contributed by atoms with E-state index in [0.29, 0.717) is 11.8 Å². The van der Waals surface area contributed by atoms with E-state index in [2.05, 4.69) is 10.1 Å². The quantitative estimate of drug-likeness (QED) is 0.194. The molecule has 1 fully saturated rings. The van der Waals surface area contributed by atoms with E-state index in [1.165, 1.54) is 6.20 Å². The molecule has 0 radical (unpaired) electrons. The van der Waals surface area contributed by atoms with Crippen LogP contribution in [0.15, 0.2) is 35.5 Å². The lowest BCUT2D eigenvalue weighted by atomic mass is 10.0. The van der Waals surface area contributed by atoms with E-state index in [1.807, 2.05) is 0 Å². The van der Waals surface area contributed by atoms with E-state index in [4.69, 9.17) is 10.2 Å². The third-order valence-corrected chi connectivity index (χ3v) is 4.86. The van der Waals surface area contributed by atoms with Gasteiger partial charge in [-0.2, -0.15) is 0 Å². The molecule has 3 rings (SSSR count). The monoisotopic (exact) mass is 358 g/mol. The first kappa shape index (κ1) is 12.7. The minimum Gasteiger partial charge on any atom is -0.410 e. The van der Waals surface area contributed by atoms with Crippen molar-refractivity contribution in [2.45, 2.75) is 29.9 Å². The highest BCUT2D eigenvalue weighted by Crippen LogP contribution is 2.32. The van der Waals surface area contributed by atoms with E-state index in [1.54, 1.807) is 0 Å². The largest absolute Gasteiger partial charge is 0.410 e. The molecule has 0 unspecified atom stereocenters. The second-order valence-electron chi connectivity index (χ2n) is 5.17. The number of aromatic amines is 1. The van der Waals surface area contributed by atoms with Gasteiger partial charge in [0.05, 0.1) is 12.1 Å². The van der Waals surface area contributed by atoms with Crippen molar-refractivity contribution in [3.05, 3.63) is 35.9 Å². The van der Waals surface area contributed by atoms with Crippen molar-refractivity contribution < 1.29 is 35.9 Å². The summed E-state index contributed by atoms with van der Waals surface area (Å²) in [6.07, 6.45) is -4.53. The van der Waals surface area contributed by atoms with Gasteiger partial charge in [0.25, 0.3) is 0 Å². The number of aliphatic hydroxyl groups is 4. The molecule has 2 heterocycles. The fraction of sp³-hybridized carbons (Fsp3) is 0.400. The Bertz CT molecular complexity index is 924. The maximum Gasteiger partial charge on any atom is 0.147 e. The Morgan fingerprint density at radius 2 is 2.00 bits per heavy atom. The van der Waals surface area contributed by atoms with Crippen LogP contribution in [0, 0.1) is 0 Å². The summed E-state index contributed by atoms with van der Waals surface area (Å²) in [5.41, 5.74) is -0.981. The Balaban J connectivity index is 1.99. The molecule has 0 amide bonds. The van der Waals surface area contributed by atoms with Crippen LogP contribution in [-0.4, -0.2) is 72.1 Å². The topological polar surface area (TPSA) is 139 Å². The zero-order valence-electron chi connectivity index (χ0n) is 16.2. The molecule has 2 aromatic rings. The molecule has 6 N–H and O–H groups in total. The molecule has 0 aliphatic carbocycles. The highest BCUT2D eigenvalue weighted by Gasteiger charge is 2.44. The maximum atomic E-state index is 10.2. The second kappa shape index (κ2) is 7.09. The van der Waals surface area contributed by atoms with Crippen molar-refractivity contribution in [2.24, 2.45) is 5.16 Å². The van der Waals surface area contributed by atoms with Gasteiger partial charge in [0.2, 0.25) is 0 Å². The predicted molar refractivity (Wildman–Crippen MR) is 88.0 cm³/mol. The average Bonchev–Trinajstić information content (AvgIpc) is 3.13. The molecule has 0 saturated carbocycles. The molecule has 24 heavy (non-hydrogen) atoms. The van der Waals surface area contributed by atoms with Crippen molar-refractivity contribution in [3.8, 4) is 0 Å². The molecule has 0 spiro atoms. The number of aromatic nitrogens is 1. The number of thioether (sulfide) groups is 1. The normalized spacial score (nSPS) is 33.8. The molecular weight excluding hydrogens is 336 g/mol. The molecule has 9 heteroatoms. The van der Waals surface area contributed by atoms with Gasteiger partial charge in [-0.05, 0) is 6.04 Å². The fourth-order valence-electron chi connectivity index (χ4n) is 2.42. The first-order valence-corrected chi connectivity index (χ1v) is 7.87. The van der Waals surface area contributed by atoms with Crippen molar-refractivity contribution in [2.75, 3.05) is 6.61 Å². The van der Waals surface area contributed by atoms with Gasteiger partial charge < -0.3 is 35.4 Å². The Kier molecular flexibility index (Phi) is 3.75. The SMILES string of the molecule is [2H]c1c([2H])c([2H])c2c(/C(=N\O)S[C@@H]3O[C@H](CO)[C@@H](O)[C@H](O)[C@H]3O)c[nH]c2c1[2H]. The van der Waals surface area contributed by atoms with Crippen LogP contribution in [0.1, 0.15) is 11.0 Å². The van der Waals surface area contributed by atoms with Gasteiger partial charge in [-0.3, -0.25) is 0 Å². The highest BCUT2D eigenvalue weighted by molar-refractivity contribution is 8.14. The van der Waals surface area contributed by atoms with Gasteiger partial charge in [-0.1, -0.05) is 35.0 Å². The van der Waals surface area contributed by atoms with Crippen LogP contribution in [0.25, 0.3) is 10.9 Å². The van der Waals surface area contributed by atoms with E-state index >= 15 is 0 Å². The van der Waals surface area contributed by atoms with E-state index in [0.717, 1.165) is 0 Å². The van der Waals surface area contributed by atoms with Crippen LogP contribution in [0.2, 0.25) is 0 Å². The summed E-state index contributed by atoms with van der Waals surface area (Å²) >= 11 is 0.669. The summed E-state index contributed by atoms with van der Waals surface area (Å²) in [6, 6.07) is -1.52. The maximum absolute atomic E-state index is 10.2. The van der Waals surface area contributed by atoms with Gasteiger partial charge in [0, 0.05) is 22.7 Å². The summed E-state index contributed by atoms with van der Waals surface area (Å²) in [5.74, 6) is 0. The molecule has 1 saturated heterocycles. The number of nitrogens with zero attached hydrogens (tertiary/aromatic N) is 1. The Morgan fingerprint density at radius 1 is 1.25 bits per heavy atom. The van der Waals surface area contributed by atoms with Crippen LogP contribution < -0.4 is 0 Å². The van der Waals surface area contributed by atoms with Crippen LogP contribution in [0.5, 0.6) is 0 Å². The number of rotatable bonds is 3. The zero-order valence-corrected chi connectivity index (χ0v) is 13.0. The molecule has 0 bridgehead atoms. The summed E-state index contributed by atoms with van der Waals surface area (Å²) < 4.78 is 36.9. The van der Waals surface area contributed by atoms with Crippen LogP contribution in [0.3, 0.4) is 0 Å². The lowest BCUT2D eigenvalue weighted by Gasteiger charge is -2.39. The van der Waals surface area contributed by atoms with Gasteiger partial charge >= 0.3 is 0 Å². The Labute approximate surface area is 147 Å². The first-order valence-electron chi connectivity index (χ1n) is 8.99. The van der Waals surface area contributed by atoms with E-state index in [9.17, 15) is 25.6 Å². The molecule has 1 aliphatic rings. The number of hydrogen-bond acceptors (Lipinski definition) is 8. The first-order chi connectivity index (χ1) is 13.2. The molecule has 130 valence electrons. The minimum absolute atomic E-state index is 0.0795. The molecule has 1 aromatic heterocycles. The lowest BCUT2D eigenvalue weighted by molar-refractivity contribution is -0.205. The third kappa shape index (κ3) is 3.02. The van der Waals surface area contributed by atoms with Gasteiger partial charge in [-0.15, -0.1) is 0 Å². The van der Waals surface area contributed by atoms with Crippen molar-refractivity contribution >= 4 is 27.7 Å². The number of para-hydroxylation sites is 1. The number of hydrogen-bond donors (Lipinski definition) is 6. The number of aliphatic hydroxyl groups excluding tert-OH is 4. The lowest BCUT2D eigenvalue weighted by Crippen LogP contribution is -2.57. The number of nitrogens with one attached hydrogen (secondary N) is 1. The van der Waals surface area contributed by atoms with Crippen molar-refractivity contribution in [3.63, 3.8) is 0 Å². The van der Waals surface area contributed by atoms with Gasteiger partial charge in [-0.25, -0.2) is 0 Å². The summed E-state index contributed by atoms with van der Waals surface area (Å²) in [6.45, 7) is -0.617. The molecule has 8 nitrogen and oxygen atoms in total. The Morgan fingerprint density at radius 3 is 2.71 bits per heavy atom. The minimum atomic E-state index is -1.61. The number of ether oxygens (including phenoxy) is 1. The van der Waals surface area contributed by atoms with Gasteiger partial charge in [0.1, 0.15) is 34.9 Å².